The van der Waals surface area contributed by atoms with E-state index in [1.54, 1.807) is 4.90 Å². The van der Waals surface area contributed by atoms with E-state index in [0.717, 1.165) is 6.07 Å². The van der Waals surface area contributed by atoms with Crippen molar-refractivity contribution < 1.29 is 23.8 Å². The summed E-state index contributed by atoms with van der Waals surface area (Å²) in [7, 11) is 0. The summed E-state index contributed by atoms with van der Waals surface area (Å²) in [5.74, 6) is -1.43. The maximum absolute atomic E-state index is 13.3. The molecule has 6 nitrogen and oxygen atoms in total. The van der Waals surface area contributed by atoms with E-state index in [1.807, 2.05) is 0 Å². The predicted octanol–water partition coefficient (Wildman–Crippen LogP) is 0.191. The second-order valence-electron chi connectivity index (χ2n) is 5.78. The van der Waals surface area contributed by atoms with E-state index in [1.165, 1.54) is 12.1 Å². The van der Waals surface area contributed by atoms with Crippen LogP contribution in [-0.2, 0) is 20.7 Å². The molecule has 0 radical (unpaired) electrons. The monoisotopic (exact) mass is 308 g/mol. The predicted molar refractivity (Wildman–Crippen MR) is 74.7 cm³/mol. The number of carbonyl (C=O) groups is 2. The van der Waals surface area contributed by atoms with Gasteiger partial charge >= 0.3 is 0 Å². The number of phenols is 1. The molecule has 3 rings (SSSR count). The zero-order chi connectivity index (χ0) is 15.7. The first kappa shape index (κ1) is 14.8. The van der Waals surface area contributed by atoms with Gasteiger partial charge in [-0.25, -0.2) is 4.39 Å². The van der Waals surface area contributed by atoms with Gasteiger partial charge in [-0.05, 0) is 24.1 Å². The number of hydrogen-bond acceptors (Lipinski definition) is 4. The number of benzene rings is 1. The van der Waals surface area contributed by atoms with Crippen molar-refractivity contribution in [3.05, 3.63) is 29.6 Å². The van der Waals surface area contributed by atoms with Gasteiger partial charge in [0, 0.05) is 13.1 Å². The van der Waals surface area contributed by atoms with E-state index in [4.69, 9.17) is 9.84 Å². The molecule has 7 heteroatoms. The number of rotatable bonds is 2. The first-order chi connectivity index (χ1) is 10.5. The molecular weight excluding hydrogens is 291 g/mol. The topological polar surface area (TPSA) is 78.9 Å². The molecule has 22 heavy (non-hydrogen) atoms. The van der Waals surface area contributed by atoms with E-state index in [9.17, 15) is 14.0 Å². The number of ether oxygens (including phenoxy) is 1. The molecule has 2 heterocycles. The molecular formula is C15H17FN2O4. The van der Waals surface area contributed by atoms with Crippen LogP contribution in [0.5, 0.6) is 5.75 Å². The lowest BCUT2D eigenvalue weighted by atomic mass is 10.0. The van der Waals surface area contributed by atoms with Crippen molar-refractivity contribution in [3.63, 3.8) is 0 Å². The first-order valence-electron chi connectivity index (χ1n) is 7.13. The Hall–Kier alpha value is -2.15. The highest BCUT2D eigenvalue weighted by molar-refractivity contribution is 5.80. The van der Waals surface area contributed by atoms with Gasteiger partial charge in [-0.3, -0.25) is 9.59 Å². The summed E-state index contributed by atoms with van der Waals surface area (Å²) in [5, 5.41) is 11.9. The summed E-state index contributed by atoms with van der Waals surface area (Å²) in [6.45, 7) is 1.40. The van der Waals surface area contributed by atoms with Crippen LogP contribution in [0.4, 0.5) is 4.39 Å². The molecule has 2 aliphatic rings. The number of carbonyl (C=O) groups excluding carboxylic acids is 2. The number of halogens is 1. The summed E-state index contributed by atoms with van der Waals surface area (Å²) in [6, 6.07) is 3.93. The Balaban J connectivity index is 1.61. The van der Waals surface area contributed by atoms with E-state index in [2.05, 4.69) is 5.32 Å². The van der Waals surface area contributed by atoms with Crippen LogP contribution in [0, 0.1) is 5.82 Å². The van der Waals surface area contributed by atoms with Gasteiger partial charge in [-0.1, -0.05) is 6.07 Å². The van der Waals surface area contributed by atoms with Gasteiger partial charge in [0.1, 0.15) is 12.2 Å². The van der Waals surface area contributed by atoms with Crippen LogP contribution in [0.1, 0.15) is 12.0 Å². The van der Waals surface area contributed by atoms with Gasteiger partial charge in [-0.2, -0.15) is 0 Å². The normalized spacial score (nSPS) is 24.6. The Morgan fingerprint density at radius 1 is 1.50 bits per heavy atom. The molecule has 2 fully saturated rings. The number of likely N-dealkylation sites (tertiary alicyclic amines) is 1. The van der Waals surface area contributed by atoms with Crippen molar-refractivity contribution in [3.8, 4) is 5.75 Å². The third-order valence-electron chi connectivity index (χ3n) is 4.15. The van der Waals surface area contributed by atoms with Crippen LogP contribution in [0.15, 0.2) is 18.2 Å². The van der Waals surface area contributed by atoms with Crippen LogP contribution < -0.4 is 5.32 Å². The fraction of sp³-hybridized carbons (Fsp3) is 0.467. The number of nitrogens with zero attached hydrogens (tertiary/aromatic N) is 1. The summed E-state index contributed by atoms with van der Waals surface area (Å²) >= 11 is 0. The molecule has 0 aliphatic carbocycles. The fourth-order valence-electron chi connectivity index (χ4n) is 2.85. The van der Waals surface area contributed by atoms with Crippen molar-refractivity contribution >= 4 is 11.8 Å². The number of phenolic OH excluding ortho intramolecular Hbond substituents is 1. The van der Waals surface area contributed by atoms with Gasteiger partial charge in [-0.15, -0.1) is 0 Å². The minimum absolute atomic E-state index is 0.0191. The summed E-state index contributed by atoms with van der Waals surface area (Å²) in [5.41, 5.74) is 0.0168. The van der Waals surface area contributed by atoms with Gasteiger partial charge in [0.25, 0.3) is 0 Å². The van der Waals surface area contributed by atoms with Crippen LogP contribution >= 0.6 is 0 Å². The van der Waals surface area contributed by atoms with Crippen LogP contribution in [0.2, 0.25) is 0 Å². The molecule has 1 aromatic carbocycles. The molecule has 0 aromatic heterocycles. The number of nitrogens with one attached hydrogen (secondary N) is 1. The maximum atomic E-state index is 13.3. The Labute approximate surface area is 126 Å². The fourth-order valence-corrected chi connectivity index (χ4v) is 2.85. The van der Waals surface area contributed by atoms with E-state index in [-0.39, 0.29) is 24.8 Å². The highest BCUT2D eigenvalue weighted by Gasteiger charge is 2.43. The van der Waals surface area contributed by atoms with Crippen LogP contribution in [0.3, 0.4) is 0 Å². The van der Waals surface area contributed by atoms with Crippen molar-refractivity contribution in [2.45, 2.75) is 18.4 Å². The number of hydrogen-bond donors (Lipinski definition) is 2. The van der Waals surface area contributed by atoms with E-state index < -0.39 is 17.2 Å². The second-order valence-corrected chi connectivity index (χ2v) is 5.78. The molecule has 0 bridgehead atoms. The first-order valence-corrected chi connectivity index (χ1v) is 7.13. The Morgan fingerprint density at radius 2 is 2.32 bits per heavy atom. The average molecular weight is 308 g/mol. The number of morpholine rings is 1. The van der Waals surface area contributed by atoms with Gasteiger partial charge in [0.05, 0.1) is 13.0 Å². The molecule has 2 amide bonds. The average Bonchev–Trinajstić information content (AvgIpc) is 2.91. The Bertz CT molecular complexity index is 610. The quantitative estimate of drug-likeness (QED) is 0.817. The molecule has 2 aliphatic heterocycles. The van der Waals surface area contributed by atoms with Gasteiger partial charge in [0.2, 0.25) is 11.8 Å². The molecule has 118 valence electrons. The van der Waals surface area contributed by atoms with Crippen molar-refractivity contribution in [2.24, 2.45) is 0 Å². The van der Waals surface area contributed by atoms with Gasteiger partial charge < -0.3 is 20.1 Å². The lowest BCUT2D eigenvalue weighted by Crippen LogP contribution is -2.54. The molecule has 0 saturated carbocycles. The molecule has 2 N–H and O–H groups in total. The number of amides is 2. The molecule has 1 atom stereocenters. The highest BCUT2D eigenvalue weighted by atomic mass is 19.1. The minimum Gasteiger partial charge on any atom is -0.505 e. The van der Waals surface area contributed by atoms with E-state index >= 15 is 0 Å². The van der Waals surface area contributed by atoms with E-state index in [0.29, 0.717) is 31.6 Å². The summed E-state index contributed by atoms with van der Waals surface area (Å²) in [6.07, 6.45) is 0.739. The van der Waals surface area contributed by atoms with Crippen molar-refractivity contribution in [1.82, 2.24) is 10.2 Å². The largest absolute Gasteiger partial charge is 0.505 e. The van der Waals surface area contributed by atoms with Crippen molar-refractivity contribution in [1.29, 1.82) is 0 Å². The maximum Gasteiger partial charge on any atom is 0.246 e. The minimum atomic E-state index is -0.735. The Morgan fingerprint density at radius 3 is 3.00 bits per heavy atom. The molecule has 1 aromatic rings. The zero-order valence-electron chi connectivity index (χ0n) is 12.0. The zero-order valence-corrected chi connectivity index (χ0v) is 12.0. The second kappa shape index (κ2) is 5.57. The summed E-state index contributed by atoms with van der Waals surface area (Å²) in [4.78, 5) is 25.1. The smallest absolute Gasteiger partial charge is 0.246 e. The summed E-state index contributed by atoms with van der Waals surface area (Å²) < 4.78 is 18.9. The molecule has 1 spiro atoms. The molecule has 2 saturated heterocycles. The molecule has 1 unspecified atom stereocenters. The standard InChI is InChI=1S/C15H17FN2O4/c16-11-5-10(1-2-12(11)19)6-14(21)18-4-3-15(9-18)8-17-13(20)7-22-15/h1-2,5,19H,3-4,6-9H2,(H,17,20). The highest BCUT2D eigenvalue weighted by Crippen LogP contribution is 2.27. The van der Waals surface area contributed by atoms with Crippen molar-refractivity contribution in [2.75, 3.05) is 26.2 Å². The number of aromatic hydroxyl groups is 1. The van der Waals surface area contributed by atoms with Crippen LogP contribution in [0.25, 0.3) is 0 Å². The van der Waals surface area contributed by atoms with Crippen LogP contribution in [-0.4, -0.2) is 53.7 Å². The third-order valence-corrected chi connectivity index (χ3v) is 4.15. The lowest BCUT2D eigenvalue weighted by Gasteiger charge is -2.33. The lowest BCUT2D eigenvalue weighted by molar-refractivity contribution is -0.143. The Kier molecular flexibility index (Phi) is 3.74. The third kappa shape index (κ3) is 2.89. The van der Waals surface area contributed by atoms with Gasteiger partial charge in [0.15, 0.2) is 11.6 Å². The SMILES string of the molecule is O=C1COC2(CCN(C(=O)Cc3ccc(O)c(F)c3)C2)CN1.